The van der Waals surface area contributed by atoms with E-state index >= 15 is 9.59 Å². The number of esters is 4. The van der Waals surface area contributed by atoms with Crippen molar-refractivity contribution in [2.24, 2.45) is 23.7 Å². The van der Waals surface area contributed by atoms with E-state index < -0.39 is 96.2 Å². The Morgan fingerprint density at radius 3 is 1.11 bits per heavy atom. The number of hydrogen-bond acceptors (Lipinski definition) is 16. The molecule has 4 saturated carbocycles. The molecule has 80 heavy (non-hydrogen) atoms. The number of hydrogen-bond donors (Lipinski definition) is 0. The summed E-state index contributed by atoms with van der Waals surface area (Å²) < 4.78 is 36.2. The van der Waals surface area contributed by atoms with Gasteiger partial charge in [-0.1, -0.05) is 75.6 Å². The molecule has 0 aromatic heterocycles. The van der Waals surface area contributed by atoms with Crippen molar-refractivity contribution < 1.29 is 62.0 Å². The monoisotopic (exact) mass is 1110 g/mol. The van der Waals surface area contributed by atoms with E-state index in [1.807, 2.05) is 60.4 Å². The van der Waals surface area contributed by atoms with Crippen LogP contribution in [-0.4, -0.2) is 197 Å². The molecule has 7 fully saturated rings. The van der Waals surface area contributed by atoms with Gasteiger partial charge in [-0.25, -0.2) is 14.4 Å². The first-order valence-corrected chi connectivity index (χ1v) is 29.6. The third-order valence-corrected chi connectivity index (χ3v) is 17.8. The first-order valence-electron chi connectivity index (χ1n) is 29.6. The Morgan fingerprint density at radius 1 is 0.412 bits per heavy atom. The molecule has 19 nitrogen and oxygen atoms in total. The van der Waals surface area contributed by atoms with Crippen LogP contribution >= 0.6 is 0 Å². The van der Waals surface area contributed by atoms with Gasteiger partial charge in [0, 0.05) is 77.6 Å². The van der Waals surface area contributed by atoms with Gasteiger partial charge >= 0.3 is 23.9 Å². The molecule has 3 aliphatic heterocycles. The van der Waals surface area contributed by atoms with Crippen molar-refractivity contribution >= 4 is 53.0 Å². The van der Waals surface area contributed by atoms with Crippen LogP contribution < -0.4 is 9.80 Å². The SMILES string of the molecule is CC1[C@@H](C)OC(=O)[C@H](CC2CC2)N(C)C(=O)[C@@H](Cc2ccc(N3CCOCC3)cc2)OC(=O)[C@H](CC2CC2)N(C)C(=O)[C@@H](C)OC(=O)[C@H](CC2CC2)N(C)C(=O)[C@@H](Cc2ccc(N3CCOCC3)cc2)OC(=O)[C@H](CC2CC2)N1C. The minimum absolute atomic E-state index is 0.0152. The normalized spacial score (nSPS) is 30.2. The number of morpholine rings is 2. The minimum Gasteiger partial charge on any atom is -0.459 e. The number of likely N-dealkylation sites (N-methyl/N-ethyl adjacent to an activating group) is 4. The second-order valence-electron chi connectivity index (χ2n) is 24.0. The van der Waals surface area contributed by atoms with Gasteiger partial charge in [0.25, 0.3) is 17.7 Å². The molecule has 1 unspecified atom stereocenters. The van der Waals surface area contributed by atoms with Crippen LogP contribution in [0.25, 0.3) is 0 Å². The predicted octanol–water partition coefficient (Wildman–Crippen LogP) is 5.22. The molecule has 438 valence electrons. The number of nitrogens with zero attached hydrogens (tertiary/aromatic N) is 6. The number of carbonyl (C=O) groups excluding carboxylic acids is 7. The van der Waals surface area contributed by atoms with Crippen molar-refractivity contribution in [3.63, 3.8) is 0 Å². The van der Waals surface area contributed by atoms with E-state index in [9.17, 15) is 24.0 Å². The maximum Gasteiger partial charge on any atom is 0.329 e. The highest BCUT2D eigenvalue weighted by molar-refractivity contribution is 5.93. The van der Waals surface area contributed by atoms with E-state index in [1.54, 1.807) is 21.0 Å². The summed E-state index contributed by atoms with van der Waals surface area (Å²) in [5.41, 5.74) is 3.46. The number of amides is 3. The van der Waals surface area contributed by atoms with Crippen molar-refractivity contribution in [2.75, 3.05) is 90.6 Å². The van der Waals surface area contributed by atoms with Crippen molar-refractivity contribution in [3.8, 4) is 0 Å². The fourth-order valence-electron chi connectivity index (χ4n) is 11.4. The third-order valence-electron chi connectivity index (χ3n) is 17.8. The standard InChI is InChI=1S/C61H86N6O13/c1-38-39(2)77-58(71)50(33-42-10-11-42)64(6)57(70)54(37-46-18-22-48(23-19-46)67-26-30-76-31-27-67)80-61(74)52(35-44-14-15-44)63(5)55(68)40(3)78-59(72)51(34-43-12-13-43)65(7)56(69)53(79-60(73)49(62(38)4)32-41-8-9-41)36-45-16-20-47(21-17-45)66-24-28-75-29-25-66/h16-23,38-44,49-54H,8-15,24-37H2,1-7H3/t38?,39-,40-,49+,50+,51+,52+,53-,54-/m1/s1. The number of carbonyl (C=O) groups is 7. The van der Waals surface area contributed by atoms with E-state index in [4.69, 9.17) is 28.4 Å². The lowest BCUT2D eigenvalue weighted by molar-refractivity contribution is -0.175. The highest BCUT2D eigenvalue weighted by Crippen LogP contribution is 2.39. The highest BCUT2D eigenvalue weighted by atomic mass is 16.6. The summed E-state index contributed by atoms with van der Waals surface area (Å²) in [5.74, 6) is -4.01. The Morgan fingerprint density at radius 2 is 0.738 bits per heavy atom. The van der Waals surface area contributed by atoms with Gasteiger partial charge in [0.1, 0.15) is 30.3 Å². The van der Waals surface area contributed by atoms with Gasteiger partial charge in [0.2, 0.25) is 0 Å². The zero-order valence-corrected chi connectivity index (χ0v) is 48.2. The summed E-state index contributed by atoms with van der Waals surface area (Å²) in [5, 5.41) is 0. The number of benzene rings is 2. The lowest BCUT2D eigenvalue weighted by Crippen LogP contribution is -2.55. The molecule has 0 bridgehead atoms. The Kier molecular flexibility index (Phi) is 19.4. The number of rotatable bonds is 14. The Bertz CT molecular complexity index is 2480. The summed E-state index contributed by atoms with van der Waals surface area (Å²) in [4.78, 5) is 114. The van der Waals surface area contributed by atoms with E-state index in [2.05, 4.69) is 9.80 Å². The molecule has 19 heteroatoms. The lowest BCUT2D eigenvalue weighted by Gasteiger charge is -2.37. The molecule has 4 aliphatic carbocycles. The molecule has 3 saturated heterocycles. The summed E-state index contributed by atoms with van der Waals surface area (Å²) in [6, 6.07) is 10.9. The topological polar surface area (TPSA) is 194 Å². The minimum atomic E-state index is -1.39. The lowest BCUT2D eigenvalue weighted by atomic mass is 10.0. The second kappa shape index (κ2) is 26.4. The van der Waals surface area contributed by atoms with Crippen molar-refractivity contribution in [1.82, 2.24) is 19.6 Å². The van der Waals surface area contributed by atoms with Crippen molar-refractivity contribution in [1.29, 1.82) is 0 Å². The zero-order valence-electron chi connectivity index (χ0n) is 48.2. The fourth-order valence-corrected chi connectivity index (χ4v) is 11.4. The quantitative estimate of drug-likeness (QED) is 0.177. The Hall–Kier alpha value is -5.79. The van der Waals surface area contributed by atoms with Gasteiger partial charge in [-0.15, -0.1) is 0 Å². The molecule has 9 rings (SSSR count). The molecular formula is C61H86N6O13. The molecule has 0 spiro atoms. The van der Waals surface area contributed by atoms with Gasteiger partial charge in [-0.2, -0.15) is 0 Å². The van der Waals surface area contributed by atoms with Crippen LogP contribution in [0.15, 0.2) is 48.5 Å². The summed E-state index contributed by atoms with van der Waals surface area (Å²) in [7, 11) is 6.32. The van der Waals surface area contributed by atoms with Gasteiger partial charge in [-0.3, -0.25) is 24.1 Å². The number of cyclic esters (lactones) is 4. The van der Waals surface area contributed by atoms with E-state index in [0.29, 0.717) is 39.3 Å². The molecule has 7 aliphatic rings. The maximum atomic E-state index is 15.1. The fraction of sp³-hybridized carbons (Fsp3) is 0.689. The first-order chi connectivity index (χ1) is 38.4. The van der Waals surface area contributed by atoms with Gasteiger partial charge < -0.3 is 52.9 Å². The van der Waals surface area contributed by atoms with Crippen LogP contribution in [0, 0.1) is 23.7 Å². The highest BCUT2D eigenvalue weighted by Gasteiger charge is 2.46. The summed E-state index contributed by atoms with van der Waals surface area (Å²) >= 11 is 0. The third kappa shape index (κ3) is 15.4. The van der Waals surface area contributed by atoms with Crippen LogP contribution in [0.5, 0.6) is 0 Å². The molecule has 3 heterocycles. The molecule has 2 aromatic carbocycles. The van der Waals surface area contributed by atoms with Crippen LogP contribution in [0.4, 0.5) is 11.4 Å². The average Bonchev–Trinajstić information content (AvgIpc) is 4.21. The van der Waals surface area contributed by atoms with E-state index in [0.717, 1.165) is 100 Å². The molecule has 9 atom stereocenters. The second-order valence-corrected chi connectivity index (χ2v) is 24.0. The van der Waals surface area contributed by atoms with Gasteiger partial charge in [-0.05, 0) is 113 Å². The van der Waals surface area contributed by atoms with Gasteiger partial charge in [0.05, 0.1) is 26.4 Å². The average molecular weight is 1110 g/mol. The zero-order chi connectivity index (χ0) is 56.8. The van der Waals surface area contributed by atoms with E-state index in [-0.39, 0.29) is 49.4 Å². The van der Waals surface area contributed by atoms with Crippen LogP contribution in [0.3, 0.4) is 0 Å². The van der Waals surface area contributed by atoms with Gasteiger partial charge in [0.15, 0.2) is 18.3 Å². The van der Waals surface area contributed by atoms with Crippen molar-refractivity contribution in [3.05, 3.63) is 59.7 Å². The van der Waals surface area contributed by atoms with Crippen LogP contribution in [0.2, 0.25) is 0 Å². The summed E-state index contributed by atoms with van der Waals surface area (Å²) in [6.45, 7) is 10.5. The molecule has 2 aromatic rings. The van der Waals surface area contributed by atoms with E-state index in [1.165, 1.54) is 35.7 Å². The molecule has 0 N–H and O–H groups in total. The molecule has 0 radical (unpaired) electrons. The Labute approximate surface area is 472 Å². The predicted molar refractivity (Wildman–Crippen MR) is 297 cm³/mol. The summed E-state index contributed by atoms with van der Waals surface area (Å²) in [6.07, 6.45) is 3.41. The smallest absolute Gasteiger partial charge is 0.329 e. The molecule has 3 amide bonds. The van der Waals surface area contributed by atoms with Crippen LogP contribution in [0.1, 0.15) is 109 Å². The van der Waals surface area contributed by atoms with Crippen LogP contribution in [-0.2, 0) is 74.8 Å². The molecular weight excluding hydrogens is 1020 g/mol. The number of anilines is 2. The van der Waals surface area contributed by atoms with Crippen molar-refractivity contribution in [2.45, 2.75) is 165 Å². The number of ether oxygens (including phenoxy) is 6. The first kappa shape index (κ1) is 58.9. The Balaban J connectivity index is 1.04. The largest absolute Gasteiger partial charge is 0.459 e. The maximum absolute atomic E-state index is 15.1.